The van der Waals surface area contributed by atoms with Gasteiger partial charge in [-0.15, -0.1) is 0 Å². The minimum Gasteiger partial charge on any atom is -0.315 e. The maximum Gasteiger partial charge on any atom is 0.0644 e. The highest BCUT2D eigenvalue weighted by Gasteiger charge is 2.28. The number of rotatable bonds is 4. The average molecular weight is 250 g/mol. The molecule has 0 saturated carbocycles. The zero-order valence-corrected chi connectivity index (χ0v) is 12.3. The van der Waals surface area contributed by atoms with Gasteiger partial charge in [0.2, 0.25) is 0 Å². The summed E-state index contributed by atoms with van der Waals surface area (Å²) in [7, 11) is 2.03. The van der Waals surface area contributed by atoms with E-state index in [2.05, 4.69) is 43.0 Å². The molecule has 2 unspecified atom stereocenters. The highest BCUT2D eigenvalue weighted by atomic mass is 15.3. The second-order valence-electron chi connectivity index (χ2n) is 5.36. The standard InChI is InChI=1S/C14H26N4/c1-6-18(13-7-8-15-9-13)12(4)14-10(2)16-17(5)11(14)3/h12-13,15H,6-9H2,1-5H3. The molecule has 2 heterocycles. The number of aryl methyl sites for hydroxylation is 2. The van der Waals surface area contributed by atoms with E-state index >= 15 is 0 Å². The lowest BCUT2D eigenvalue weighted by Crippen LogP contribution is -2.39. The van der Waals surface area contributed by atoms with Gasteiger partial charge in [-0.25, -0.2) is 0 Å². The Balaban J connectivity index is 2.25. The van der Waals surface area contributed by atoms with Crippen LogP contribution in [0.5, 0.6) is 0 Å². The van der Waals surface area contributed by atoms with Gasteiger partial charge in [-0.1, -0.05) is 6.92 Å². The Bertz CT molecular complexity index is 404. The van der Waals surface area contributed by atoms with Crippen molar-refractivity contribution < 1.29 is 0 Å². The molecule has 1 aliphatic rings. The first-order valence-corrected chi connectivity index (χ1v) is 7.02. The number of nitrogens with one attached hydrogen (secondary N) is 1. The molecule has 4 heteroatoms. The number of hydrogen-bond donors (Lipinski definition) is 1. The first-order valence-electron chi connectivity index (χ1n) is 7.02. The molecular weight excluding hydrogens is 224 g/mol. The van der Waals surface area contributed by atoms with E-state index < -0.39 is 0 Å². The van der Waals surface area contributed by atoms with E-state index in [4.69, 9.17) is 0 Å². The average Bonchev–Trinajstić information content (AvgIpc) is 2.90. The van der Waals surface area contributed by atoms with Crippen molar-refractivity contribution in [3.63, 3.8) is 0 Å². The lowest BCUT2D eigenvalue weighted by molar-refractivity contribution is 0.162. The molecule has 102 valence electrons. The maximum atomic E-state index is 4.55. The third-order valence-electron chi connectivity index (χ3n) is 4.35. The number of aromatic nitrogens is 2. The van der Waals surface area contributed by atoms with Gasteiger partial charge in [0.25, 0.3) is 0 Å². The van der Waals surface area contributed by atoms with E-state index in [1.807, 2.05) is 11.7 Å². The molecule has 1 aliphatic heterocycles. The zero-order chi connectivity index (χ0) is 13.3. The van der Waals surface area contributed by atoms with Crippen LogP contribution < -0.4 is 5.32 Å². The molecule has 0 radical (unpaired) electrons. The quantitative estimate of drug-likeness (QED) is 0.884. The predicted octanol–water partition coefficient (Wildman–Crippen LogP) is 1.78. The van der Waals surface area contributed by atoms with Crippen molar-refractivity contribution in [2.75, 3.05) is 19.6 Å². The minimum absolute atomic E-state index is 0.452. The molecule has 1 aromatic rings. The van der Waals surface area contributed by atoms with Crippen molar-refractivity contribution in [1.82, 2.24) is 20.0 Å². The fourth-order valence-electron chi connectivity index (χ4n) is 3.33. The Morgan fingerprint density at radius 1 is 1.50 bits per heavy atom. The van der Waals surface area contributed by atoms with Crippen molar-refractivity contribution in [2.24, 2.45) is 7.05 Å². The molecule has 1 N–H and O–H groups in total. The van der Waals surface area contributed by atoms with Crippen LogP contribution in [0.15, 0.2) is 0 Å². The van der Waals surface area contributed by atoms with Gasteiger partial charge in [-0.05, 0) is 40.3 Å². The van der Waals surface area contributed by atoms with Crippen LogP contribution in [0.3, 0.4) is 0 Å². The molecule has 0 aromatic carbocycles. The van der Waals surface area contributed by atoms with Crippen LogP contribution in [-0.4, -0.2) is 40.4 Å². The lowest BCUT2D eigenvalue weighted by atomic mass is 10.0. The molecule has 1 fully saturated rings. The van der Waals surface area contributed by atoms with E-state index in [1.165, 1.54) is 23.4 Å². The molecule has 18 heavy (non-hydrogen) atoms. The van der Waals surface area contributed by atoms with Crippen molar-refractivity contribution in [3.8, 4) is 0 Å². The van der Waals surface area contributed by atoms with Crippen LogP contribution in [0.2, 0.25) is 0 Å². The highest BCUT2D eigenvalue weighted by Crippen LogP contribution is 2.28. The largest absolute Gasteiger partial charge is 0.315 e. The van der Waals surface area contributed by atoms with Crippen LogP contribution in [0, 0.1) is 13.8 Å². The molecular formula is C14H26N4. The molecule has 2 atom stereocenters. The van der Waals surface area contributed by atoms with Crippen LogP contribution >= 0.6 is 0 Å². The summed E-state index contributed by atoms with van der Waals surface area (Å²) in [5.74, 6) is 0. The first-order chi connectivity index (χ1) is 8.56. The summed E-state index contributed by atoms with van der Waals surface area (Å²) < 4.78 is 2.00. The van der Waals surface area contributed by atoms with Gasteiger partial charge in [-0.3, -0.25) is 9.58 Å². The summed E-state index contributed by atoms with van der Waals surface area (Å²) >= 11 is 0. The van der Waals surface area contributed by atoms with E-state index in [0.717, 1.165) is 19.6 Å². The van der Waals surface area contributed by atoms with E-state index in [0.29, 0.717) is 12.1 Å². The number of likely N-dealkylation sites (N-methyl/N-ethyl adjacent to an activating group) is 1. The summed E-state index contributed by atoms with van der Waals surface area (Å²) in [5.41, 5.74) is 3.88. The Hall–Kier alpha value is -0.870. The second-order valence-corrected chi connectivity index (χ2v) is 5.36. The molecule has 0 amide bonds. The summed E-state index contributed by atoms with van der Waals surface area (Å²) in [6, 6.07) is 1.12. The normalized spacial score (nSPS) is 21.8. The van der Waals surface area contributed by atoms with Gasteiger partial charge in [0.05, 0.1) is 5.69 Å². The van der Waals surface area contributed by atoms with Crippen molar-refractivity contribution in [3.05, 3.63) is 17.0 Å². The smallest absolute Gasteiger partial charge is 0.0644 e. The summed E-state index contributed by atoms with van der Waals surface area (Å²) in [4.78, 5) is 2.61. The van der Waals surface area contributed by atoms with E-state index in [-0.39, 0.29) is 0 Å². The molecule has 0 aliphatic carbocycles. The highest BCUT2D eigenvalue weighted by molar-refractivity contribution is 5.28. The predicted molar refractivity (Wildman–Crippen MR) is 74.8 cm³/mol. The summed E-state index contributed by atoms with van der Waals surface area (Å²) in [5, 5.41) is 8.01. The van der Waals surface area contributed by atoms with E-state index in [1.54, 1.807) is 0 Å². The summed E-state index contributed by atoms with van der Waals surface area (Å²) in [6.45, 7) is 12.2. The maximum absolute atomic E-state index is 4.55. The first kappa shape index (κ1) is 13.6. The Labute approximate surface area is 110 Å². The summed E-state index contributed by atoms with van der Waals surface area (Å²) in [6.07, 6.45) is 1.26. The third-order valence-corrected chi connectivity index (χ3v) is 4.35. The molecule has 2 rings (SSSR count). The van der Waals surface area contributed by atoms with Crippen LogP contribution in [0.4, 0.5) is 0 Å². The van der Waals surface area contributed by atoms with E-state index in [9.17, 15) is 0 Å². The fraction of sp³-hybridized carbons (Fsp3) is 0.786. The van der Waals surface area contributed by atoms with Gasteiger partial charge in [0, 0.05) is 36.9 Å². The van der Waals surface area contributed by atoms with Crippen molar-refractivity contribution in [2.45, 2.75) is 46.2 Å². The minimum atomic E-state index is 0.452. The topological polar surface area (TPSA) is 33.1 Å². The Morgan fingerprint density at radius 3 is 2.67 bits per heavy atom. The van der Waals surface area contributed by atoms with Crippen LogP contribution in [0.1, 0.15) is 43.3 Å². The van der Waals surface area contributed by atoms with Gasteiger partial charge in [0.15, 0.2) is 0 Å². The SMILES string of the molecule is CCN(C1CCNC1)C(C)c1c(C)nn(C)c1C. The third kappa shape index (κ3) is 2.31. The molecule has 0 spiro atoms. The lowest BCUT2D eigenvalue weighted by Gasteiger charge is -2.33. The monoisotopic (exact) mass is 250 g/mol. The van der Waals surface area contributed by atoms with Crippen LogP contribution in [0.25, 0.3) is 0 Å². The Morgan fingerprint density at radius 2 is 2.22 bits per heavy atom. The van der Waals surface area contributed by atoms with Gasteiger partial charge in [0.1, 0.15) is 0 Å². The van der Waals surface area contributed by atoms with Gasteiger partial charge < -0.3 is 5.32 Å². The molecule has 4 nitrogen and oxygen atoms in total. The van der Waals surface area contributed by atoms with Crippen LogP contribution in [-0.2, 0) is 7.05 Å². The second kappa shape index (κ2) is 5.41. The molecule has 0 bridgehead atoms. The molecule has 1 saturated heterocycles. The van der Waals surface area contributed by atoms with Crippen molar-refractivity contribution in [1.29, 1.82) is 0 Å². The zero-order valence-electron chi connectivity index (χ0n) is 12.3. The number of hydrogen-bond acceptors (Lipinski definition) is 3. The fourth-order valence-corrected chi connectivity index (χ4v) is 3.33. The van der Waals surface area contributed by atoms with Gasteiger partial charge >= 0.3 is 0 Å². The molecule has 1 aromatic heterocycles. The van der Waals surface area contributed by atoms with Gasteiger partial charge in [-0.2, -0.15) is 5.10 Å². The number of nitrogens with zero attached hydrogens (tertiary/aromatic N) is 3. The Kier molecular flexibility index (Phi) is 4.07. The van der Waals surface area contributed by atoms with Crippen molar-refractivity contribution >= 4 is 0 Å².